The Morgan fingerprint density at radius 3 is 2.17 bits per heavy atom. The summed E-state index contributed by atoms with van der Waals surface area (Å²) < 4.78 is 8.63. The summed E-state index contributed by atoms with van der Waals surface area (Å²) >= 11 is 0. The van der Waals surface area contributed by atoms with Crippen LogP contribution in [0.2, 0.25) is 0 Å². The Morgan fingerprint density at radius 1 is 1.02 bits per heavy atom. The van der Waals surface area contributed by atoms with Crippen molar-refractivity contribution >= 4 is 35.0 Å². The van der Waals surface area contributed by atoms with Gasteiger partial charge in [0, 0.05) is 55.6 Å². The van der Waals surface area contributed by atoms with E-state index in [0.717, 1.165) is 42.0 Å². The number of benzene rings is 3. The van der Waals surface area contributed by atoms with E-state index in [9.17, 15) is 0 Å². The summed E-state index contributed by atoms with van der Waals surface area (Å²) in [5.74, 6) is 0.951. The maximum Gasteiger partial charge on any atom is 0.290 e. The molecule has 0 fully saturated rings. The number of carboxylic acid groups (broad SMARTS) is 1. The lowest BCUT2D eigenvalue weighted by atomic mass is 9.89. The fourth-order valence-electron chi connectivity index (χ4n) is 5.88. The van der Waals surface area contributed by atoms with Crippen LogP contribution in [0.3, 0.4) is 0 Å². The van der Waals surface area contributed by atoms with Crippen molar-refractivity contribution in [1.82, 2.24) is 14.8 Å². The molecular weight excluding hydrogens is 604 g/mol. The van der Waals surface area contributed by atoms with Crippen molar-refractivity contribution in [1.29, 1.82) is 5.41 Å². The average Bonchev–Trinajstić information content (AvgIpc) is 3.70. The first-order chi connectivity index (χ1) is 22.9. The van der Waals surface area contributed by atoms with Gasteiger partial charge in [0.1, 0.15) is 5.69 Å². The summed E-state index contributed by atoms with van der Waals surface area (Å²) in [5, 5.41) is 36.4. The SMILES string of the molecule is C#C.CC(C)(C)O.CCc1c(C)c2c3c(cc(-c4nnc(-c5ccc(NC)c(C=N)c5)o4)n3CCN2C)c1-c1ccc(C)cc1.O=CO. The Labute approximate surface area is 283 Å². The molecule has 6 rings (SSSR count). The molecule has 252 valence electrons. The molecule has 48 heavy (non-hydrogen) atoms. The van der Waals surface area contributed by atoms with Gasteiger partial charge in [-0.3, -0.25) is 4.79 Å². The minimum atomic E-state index is -0.500. The second-order valence-electron chi connectivity index (χ2n) is 12.3. The van der Waals surface area contributed by atoms with E-state index in [2.05, 4.69) is 96.0 Å². The molecule has 3 heterocycles. The van der Waals surface area contributed by atoms with Crippen molar-refractivity contribution in [3.63, 3.8) is 0 Å². The zero-order chi connectivity index (χ0) is 35.8. The molecule has 10 heteroatoms. The number of aliphatic hydroxyl groups is 1. The van der Waals surface area contributed by atoms with Gasteiger partial charge in [-0.05, 0) is 87.6 Å². The summed E-state index contributed by atoms with van der Waals surface area (Å²) in [7, 11) is 4.03. The molecule has 0 bridgehead atoms. The normalized spacial score (nSPS) is 11.7. The first-order valence-corrected chi connectivity index (χ1v) is 15.6. The van der Waals surface area contributed by atoms with Crippen LogP contribution in [0.5, 0.6) is 0 Å². The van der Waals surface area contributed by atoms with Crippen LogP contribution in [0.1, 0.15) is 49.9 Å². The second kappa shape index (κ2) is 15.9. The van der Waals surface area contributed by atoms with Crippen LogP contribution in [-0.2, 0) is 17.8 Å². The van der Waals surface area contributed by atoms with Crippen LogP contribution in [-0.4, -0.2) is 63.9 Å². The fourth-order valence-corrected chi connectivity index (χ4v) is 5.88. The molecule has 0 radical (unpaired) electrons. The third-order valence-electron chi connectivity index (χ3n) is 7.80. The lowest BCUT2D eigenvalue weighted by Crippen LogP contribution is -2.29. The standard InChI is InChI=1S/C31H32N6O.C4H10O.C2H2.CH2O2/c1-6-23-19(3)28-29-24(27(23)20-9-7-18(2)8-10-20)16-26(37(29)14-13-36(28)5)31-35-34-30(38-31)21-11-12-25(33-4)22(15-21)17-32;1-4(2,3)5;1-2;2-1-3/h7-12,15-17,32-33H,6,13-14H2,1-5H3;5H,1-3H3;1-2H;1H,(H,2,3). The summed E-state index contributed by atoms with van der Waals surface area (Å²) in [6, 6.07) is 16.8. The van der Waals surface area contributed by atoms with E-state index >= 15 is 0 Å². The number of rotatable bonds is 6. The molecule has 0 spiro atoms. The smallest absolute Gasteiger partial charge is 0.290 e. The van der Waals surface area contributed by atoms with Gasteiger partial charge in [0.25, 0.3) is 12.4 Å². The predicted molar refractivity (Wildman–Crippen MR) is 196 cm³/mol. The summed E-state index contributed by atoms with van der Waals surface area (Å²) in [6.45, 7) is 13.4. The van der Waals surface area contributed by atoms with Crippen molar-refractivity contribution in [3.05, 3.63) is 70.8 Å². The summed E-state index contributed by atoms with van der Waals surface area (Å²) in [4.78, 5) is 10.7. The molecule has 4 N–H and O–H groups in total. The minimum Gasteiger partial charge on any atom is -0.483 e. The molecular formula is C38H46N6O4. The van der Waals surface area contributed by atoms with Crippen LogP contribution in [0, 0.1) is 32.1 Å². The van der Waals surface area contributed by atoms with Crippen molar-refractivity contribution in [2.24, 2.45) is 0 Å². The van der Waals surface area contributed by atoms with Gasteiger partial charge in [0.2, 0.25) is 5.89 Å². The van der Waals surface area contributed by atoms with Gasteiger partial charge in [-0.1, -0.05) is 36.8 Å². The second-order valence-corrected chi connectivity index (χ2v) is 12.3. The lowest BCUT2D eigenvalue weighted by Gasteiger charge is -2.31. The maximum atomic E-state index is 8.52. The molecule has 2 aromatic heterocycles. The number of aromatic nitrogens is 3. The van der Waals surface area contributed by atoms with Crippen LogP contribution in [0.15, 0.2) is 52.9 Å². The van der Waals surface area contributed by atoms with E-state index in [0.29, 0.717) is 11.8 Å². The van der Waals surface area contributed by atoms with E-state index in [-0.39, 0.29) is 6.47 Å². The van der Waals surface area contributed by atoms with Crippen LogP contribution in [0.4, 0.5) is 11.4 Å². The molecule has 0 saturated carbocycles. The fraction of sp³-hybridized carbons (Fsp3) is 0.316. The van der Waals surface area contributed by atoms with E-state index in [1.807, 2.05) is 25.2 Å². The van der Waals surface area contributed by atoms with Crippen molar-refractivity contribution < 1.29 is 19.4 Å². The molecule has 1 aliphatic heterocycles. The summed E-state index contributed by atoms with van der Waals surface area (Å²) in [6.07, 6.45) is 10.3. The van der Waals surface area contributed by atoms with Gasteiger partial charge in [-0.25, -0.2) is 0 Å². The molecule has 10 nitrogen and oxygen atoms in total. The zero-order valence-corrected chi connectivity index (χ0v) is 29.0. The number of carbonyl (C=O) groups is 1. The number of nitrogens with one attached hydrogen (secondary N) is 2. The van der Waals surface area contributed by atoms with Gasteiger partial charge >= 0.3 is 0 Å². The molecule has 0 amide bonds. The van der Waals surface area contributed by atoms with Gasteiger partial charge in [-0.2, -0.15) is 0 Å². The molecule has 0 saturated heterocycles. The Bertz CT molecular complexity index is 1890. The quantitative estimate of drug-likeness (QED) is 0.0846. The molecule has 3 aromatic carbocycles. The van der Waals surface area contributed by atoms with E-state index < -0.39 is 5.60 Å². The number of anilines is 2. The van der Waals surface area contributed by atoms with E-state index in [1.54, 1.807) is 20.8 Å². The average molecular weight is 651 g/mol. The van der Waals surface area contributed by atoms with Crippen molar-refractivity contribution in [2.45, 2.75) is 60.1 Å². The zero-order valence-electron chi connectivity index (χ0n) is 29.0. The lowest BCUT2D eigenvalue weighted by molar-refractivity contribution is -0.122. The summed E-state index contributed by atoms with van der Waals surface area (Å²) in [5.41, 5.74) is 11.9. The van der Waals surface area contributed by atoms with Gasteiger partial charge in [-0.15, -0.1) is 23.0 Å². The number of nitrogens with zero attached hydrogens (tertiary/aromatic N) is 4. The number of hydrogen-bond donors (Lipinski definition) is 4. The Kier molecular flexibility index (Phi) is 12.3. The van der Waals surface area contributed by atoms with Crippen molar-refractivity contribution in [2.75, 3.05) is 30.9 Å². The Hall–Kier alpha value is -5.40. The van der Waals surface area contributed by atoms with Gasteiger partial charge < -0.3 is 34.8 Å². The highest BCUT2D eigenvalue weighted by Crippen LogP contribution is 2.46. The molecule has 0 aliphatic carbocycles. The van der Waals surface area contributed by atoms with Gasteiger partial charge in [0.05, 0.1) is 16.8 Å². The Morgan fingerprint density at radius 2 is 1.60 bits per heavy atom. The third-order valence-corrected chi connectivity index (χ3v) is 7.80. The largest absolute Gasteiger partial charge is 0.483 e. The first kappa shape index (κ1) is 37.1. The minimum absolute atomic E-state index is 0.250. The van der Waals surface area contributed by atoms with Crippen LogP contribution in [0.25, 0.3) is 45.1 Å². The molecule has 1 aliphatic rings. The monoisotopic (exact) mass is 650 g/mol. The van der Waals surface area contributed by atoms with Crippen LogP contribution >= 0.6 is 0 Å². The Balaban J connectivity index is 0.000000557. The highest BCUT2D eigenvalue weighted by molar-refractivity contribution is 6.08. The first-order valence-electron chi connectivity index (χ1n) is 15.6. The highest BCUT2D eigenvalue weighted by Gasteiger charge is 2.29. The number of terminal acetylenes is 1. The van der Waals surface area contributed by atoms with Crippen LogP contribution < -0.4 is 10.2 Å². The topological polar surface area (TPSA) is 140 Å². The van der Waals surface area contributed by atoms with Gasteiger partial charge in [0.15, 0.2) is 0 Å². The number of aryl methyl sites for hydroxylation is 1. The molecule has 0 atom stereocenters. The highest BCUT2D eigenvalue weighted by atomic mass is 16.4. The maximum absolute atomic E-state index is 8.52. The van der Waals surface area contributed by atoms with E-state index in [4.69, 9.17) is 24.8 Å². The van der Waals surface area contributed by atoms with E-state index in [1.165, 1.54) is 50.6 Å². The number of hydrogen-bond acceptors (Lipinski definition) is 8. The third kappa shape index (κ3) is 7.93. The molecule has 0 unspecified atom stereocenters. The van der Waals surface area contributed by atoms with Crippen molar-refractivity contribution in [3.8, 4) is 47.0 Å². The molecule has 5 aromatic rings. The predicted octanol–water partition coefficient (Wildman–Crippen LogP) is 7.42. The number of likely N-dealkylation sites (N-methyl/N-ethyl adjacent to an activating group) is 1.